The Hall–Kier alpha value is -2.69. The third kappa shape index (κ3) is 4.39. The van der Waals surface area contributed by atoms with Crippen molar-refractivity contribution < 1.29 is 14.3 Å². The number of carbonyl (C=O) groups is 1. The van der Waals surface area contributed by atoms with Crippen LogP contribution in [0.1, 0.15) is 15.9 Å². The summed E-state index contributed by atoms with van der Waals surface area (Å²) in [5.74, 6) is 1.12. The van der Waals surface area contributed by atoms with Crippen LogP contribution in [0.2, 0.25) is 0 Å². The SMILES string of the molecule is COc1cc(C(=O)NCCNc2ccccc2)cc(OC)c1C. The lowest BCUT2D eigenvalue weighted by molar-refractivity contribution is 0.0954. The van der Waals surface area contributed by atoms with Crippen LogP contribution in [0.15, 0.2) is 42.5 Å². The molecular formula is C18H22N2O3. The Morgan fingerprint density at radius 1 is 1.00 bits per heavy atom. The molecule has 2 N–H and O–H groups in total. The number of anilines is 1. The van der Waals surface area contributed by atoms with Gasteiger partial charge in [-0.2, -0.15) is 0 Å². The summed E-state index contributed by atoms with van der Waals surface area (Å²) in [5, 5.41) is 6.12. The Kier molecular flexibility index (Phi) is 5.86. The Morgan fingerprint density at radius 2 is 1.61 bits per heavy atom. The van der Waals surface area contributed by atoms with Gasteiger partial charge in [0.2, 0.25) is 0 Å². The summed E-state index contributed by atoms with van der Waals surface area (Å²) in [5.41, 5.74) is 2.42. The van der Waals surface area contributed by atoms with Crippen LogP contribution in [0.3, 0.4) is 0 Å². The third-order valence-electron chi connectivity index (χ3n) is 3.53. The molecule has 0 aliphatic rings. The average Bonchev–Trinajstić information content (AvgIpc) is 2.59. The van der Waals surface area contributed by atoms with E-state index in [2.05, 4.69) is 10.6 Å². The number of ether oxygens (including phenoxy) is 2. The molecule has 0 spiro atoms. The van der Waals surface area contributed by atoms with Crippen LogP contribution >= 0.6 is 0 Å². The van der Waals surface area contributed by atoms with E-state index in [4.69, 9.17) is 9.47 Å². The van der Waals surface area contributed by atoms with Gasteiger partial charge in [0, 0.05) is 29.9 Å². The van der Waals surface area contributed by atoms with Gasteiger partial charge in [0.05, 0.1) is 14.2 Å². The standard InChI is InChI=1S/C18H22N2O3/c1-13-16(22-2)11-14(12-17(13)23-3)18(21)20-10-9-19-15-7-5-4-6-8-15/h4-8,11-12,19H,9-10H2,1-3H3,(H,20,21). The summed E-state index contributed by atoms with van der Waals surface area (Å²) in [6.07, 6.45) is 0. The molecule has 0 unspecified atom stereocenters. The Labute approximate surface area is 136 Å². The van der Waals surface area contributed by atoms with Crippen molar-refractivity contribution in [3.63, 3.8) is 0 Å². The van der Waals surface area contributed by atoms with E-state index < -0.39 is 0 Å². The highest BCUT2D eigenvalue weighted by Crippen LogP contribution is 2.29. The maximum atomic E-state index is 12.3. The third-order valence-corrected chi connectivity index (χ3v) is 3.53. The largest absolute Gasteiger partial charge is 0.496 e. The van der Waals surface area contributed by atoms with Gasteiger partial charge in [0.1, 0.15) is 11.5 Å². The molecule has 0 aliphatic carbocycles. The number of hydrogen-bond acceptors (Lipinski definition) is 4. The molecule has 2 rings (SSSR count). The normalized spacial score (nSPS) is 10.0. The van der Waals surface area contributed by atoms with Gasteiger partial charge in [-0.1, -0.05) is 18.2 Å². The maximum absolute atomic E-state index is 12.3. The highest BCUT2D eigenvalue weighted by molar-refractivity contribution is 5.95. The van der Waals surface area contributed by atoms with E-state index in [-0.39, 0.29) is 5.91 Å². The lowest BCUT2D eigenvalue weighted by Crippen LogP contribution is -2.28. The van der Waals surface area contributed by atoms with Crippen molar-refractivity contribution >= 4 is 11.6 Å². The minimum Gasteiger partial charge on any atom is -0.496 e. The quantitative estimate of drug-likeness (QED) is 0.772. The predicted octanol–water partition coefficient (Wildman–Crippen LogP) is 2.85. The molecule has 23 heavy (non-hydrogen) atoms. The van der Waals surface area contributed by atoms with Crippen LogP contribution in [-0.4, -0.2) is 33.2 Å². The minimum absolute atomic E-state index is 0.156. The van der Waals surface area contributed by atoms with E-state index in [1.54, 1.807) is 26.4 Å². The Balaban J connectivity index is 1.93. The molecule has 5 nitrogen and oxygen atoms in total. The number of hydrogen-bond donors (Lipinski definition) is 2. The topological polar surface area (TPSA) is 59.6 Å². The van der Waals surface area contributed by atoms with Gasteiger partial charge in [0.25, 0.3) is 5.91 Å². The van der Waals surface area contributed by atoms with Crippen molar-refractivity contribution in [3.8, 4) is 11.5 Å². The summed E-state index contributed by atoms with van der Waals surface area (Å²) in [7, 11) is 3.15. The molecule has 0 heterocycles. The zero-order valence-electron chi connectivity index (χ0n) is 13.7. The van der Waals surface area contributed by atoms with Gasteiger partial charge < -0.3 is 20.1 Å². The number of rotatable bonds is 7. The zero-order chi connectivity index (χ0) is 16.7. The maximum Gasteiger partial charge on any atom is 0.251 e. The van der Waals surface area contributed by atoms with E-state index in [1.165, 1.54) is 0 Å². The van der Waals surface area contributed by atoms with Crippen molar-refractivity contribution in [2.24, 2.45) is 0 Å². The second kappa shape index (κ2) is 8.08. The summed E-state index contributed by atoms with van der Waals surface area (Å²) in [6, 6.07) is 13.3. The summed E-state index contributed by atoms with van der Waals surface area (Å²) < 4.78 is 10.6. The molecule has 0 aromatic heterocycles. The van der Waals surface area contributed by atoms with E-state index >= 15 is 0 Å². The van der Waals surface area contributed by atoms with Gasteiger partial charge in [-0.3, -0.25) is 4.79 Å². The van der Waals surface area contributed by atoms with Crippen molar-refractivity contribution in [1.82, 2.24) is 5.32 Å². The molecule has 0 saturated carbocycles. The second-order valence-corrected chi connectivity index (χ2v) is 5.05. The highest BCUT2D eigenvalue weighted by Gasteiger charge is 2.13. The first-order valence-electron chi connectivity index (χ1n) is 7.45. The fraction of sp³-hybridized carbons (Fsp3) is 0.278. The molecule has 0 bridgehead atoms. The van der Waals surface area contributed by atoms with Crippen LogP contribution in [0.5, 0.6) is 11.5 Å². The molecule has 2 aromatic rings. The fourth-order valence-corrected chi connectivity index (χ4v) is 2.26. The van der Waals surface area contributed by atoms with Gasteiger partial charge >= 0.3 is 0 Å². The van der Waals surface area contributed by atoms with Crippen molar-refractivity contribution in [2.45, 2.75) is 6.92 Å². The molecule has 0 aliphatic heterocycles. The van der Waals surface area contributed by atoms with E-state index in [1.807, 2.05) is 37.3 Å². The molecule has 0 atom stereocenters. The fourth-order valence-electron chi connectivity index (χ4n) is 2.26. The van der Waals surface area contributed by atoms with E-state index in [9.17, 15) is 4.79 Å². The number of benzene rings is 2. The van der Waals surface area contributed by atoms with Crippen LogP contribution < -0.4 is 20.1 Å². The van der Waals surface area contributed by atoms with Crippen molar-refractivity contribution in [3.05, 3.63) is 53.6 Å². The average molecular weight is 314 g/mol. The van der Waals surface area contributed by atoms with Crippen LogP contribution in [0, 0.1) is 6.92 Å². The van der Waals surface area contributed by atoms with Gasteiger partial charge in [-0.05, 0) is 31.2 Å². The molecule has 1 amide bonds. The van der Waals surface area contributed by atoms with Gasteiger partial charge in [-0.25, -0.2) is 0 Å². The highest BCUT2D eigenvalue weighted by atomic mass is 16.5. The number of amides is 1. The van der Waals surface area contributed by atoms with Gasteiger partial charge in [0.15, 0.2) is 0 Å². The van der Waals surface area contributed by atoms with Crippen LogP contribution in [-0.2, 0) is 0 Å². The van der Waals surface area contributed by atoms with E-state index in [0.717, 1.165) is 11.3 Å². The number of para-hydroxylation sites is 1. The molecule has 2 aromatic carbocycles. The lowest BCUT2D eigenvalue weighted by Gasteiger charge is -2.13. The van der Waals surface area contributed by atoms with Crippen LogP contribution in [0.4, 0.5) is 5.69 Å². The number of nitrogens with one attached hydrogen (secondary N) is 2. The summed E-state index contributed by atoms with van der Waals surface area (Å²) in [4.78, 5) is 12.3. The first kappa shape index (κ1) is 16.7. The van der Waals surface area contributed by atoms with E-state index in [0.29, 0.717) is 30.2 Å². The molecule has 122 valence electrons. The zero-order valence-corrected chi connectivity index (χ0v) is 13.7. The number of carbonyl (C=O) groups excluding carboxylic acids is 1. The minimum atomic E-state index is -0.156. The monoisotopic (exact) mass is 314 g/mol. The predicted molar refractivity (Wildman–Crippen MR) is 91.5 cm³/mol. The summed E-state index contributed by atoms with van der Waals surface area (Å²) in [6.45, 7) is 3.06. The lowest BCUT2D eigenvalue weighted by atomic mass is 10.1. The summed E-state index contributed by atoms with van der Waals surface area (Å²) >= 11 is 0. The Bertz CT molecular complexity index is 632. The van der Waals surface area contributed by atoms with Crippen molar-refractivity contribution in [1.29, 1.82) is 0 Å². The number of methoxy groups -OCH3 is 2. The second-order valence-electron chi connectivity index (χ2n) is 5.05. The van der Waals surface area contributed by atoms with Crippen LogP contribution in [0.25, 0.3) is 0 Å². The molecule has 0 fully saturated rings. The smallest absolute Gasteiger partial charge is 0.251 e. The molecule has 0 radical (unpaired) electrons. The van der Waals surface area contributed by atoms with Crippen molar-refractivity contribution in [2.75, 3.05) is 32.6 Å². The molecule has 5 heteroatoms. The molecular weight excluding hydrogens is 292 g/mol. The van der Waals surface area contributed by atoms with Gasteiger partial charge in [-0.15, -0.1) is 0 Å². The first-order chi connectivity index (χ1) is 11.2. The first-order valence-corrected chi connectivity index (χ1v) is 7.45. The Morgan fingerprint density at radius 3 is 2.17 bits per heavy atom. The molecule has 0 saturated heterocycles.